The van der Waals surface area contributed by atoms with E-state index in [-0.39, 0.29) is 17.5 Å². The molecule has 166 valence electrons. The minimum Gasteiger partial charge on any atom is -0.424 e. The average Bonchev–Trinajstić information content (AvgIpc) is 2.80. The van der Waals surface area contributed by atoms with Crippen LogP contribution in [-0.4, -0.2) is 21.0 Å². The second kappa shape index (κ2) is 9.22. The predicted octanol–water partition coefficient (Wildman–Crippen LogP) is 4.97. The number of amides is 2. The van der Waals surface area contributed by atoms with E-state index in [0.717, 1.165) is 18.3 Å². The van der Waals surface area contributed by atoms with E-state index in [9.17, 15) is 18.0 Å². The Morgan fingerprint density at radius 1 is 0.879 bits per heavy atom. The van der Waals surface area contributed by atoms with Gasteiger partial charge >= 0.3 is 12.0 Å². The number of hydrogen-bond donors (Lipinski definition) is 3. The van der Waals surface area contributed by atoms with Crippen LogP contribution in [0.3, 0.4) is 0 Å². The van der Waals surface area contributed by atoms with E-state index in [1.54, 1.807) is 24.3 Å². The van der Waals surface area contributed by atoms with E-state index >= 15 is 0 Å². The van der Waals surface area contributed by atoms with Crippen LogP contribution in [0.1, 0.15) is 0 Å². The fourth-order valence-corrected chi connectivity index (χ4v) is 2.82. The van der Waals surface area contributed by atoms with Gasteiger partial charge in [0.2, 0.25) is 0 Å². The number of para-hydroxylation sites is 1. The first kappa shape index (κ1) is 21.6. The molecule has 33 heavy (non-hydrogen) atoms. The largest absolute Gasteiger partial charge is 0.424 e. The molecule has 4 rings (SSSR count). The number of anilines is 3. The average molecular weight is 452 g/mol. The van der Waals surface area contributed by atoms with Crippen LogP contribution in [0.25, 0.3) is 11.1 Å². The van der Waals surface area contributed by atoms with Crippen molar-refractivity contribution in [3.8, 4) is 22.9 Å². The van der Waals surface area contributed by atoms with Crippen molar-refractivity contribution in [3.05, 3.63) is 84.6 Å². The summed E-state index contributed by atoms with van der Waals surface area (Å²) in [6.07, 6.45) is 3.55. The topological polar surface area (TPSA) is 115 Å². The minimum atomic E-state index is -0.910. The zero-order chi connectivity index (χ0) is 23.4. The van der Waals surface area contributed by atoms with Crippen LogP contribution < -0.4 is 21.1 Å². The summed E-state index contributed by atoms with van der Waals surface area (Å²) in [6.45, 7) is 0. The van der Waals surface area contributed by atoms with Gasteiger partial charge in [0, 0.05) is 5.56 Å². The van der Waals surface area contributed by atoms with Crippen molar-refractivity contribution in [2.24, 2.45) is 0 Å². The van der Waals surface area contributed by atoms with Crippen molar-refractivity contribution in [1.82, 2.24) is 15.0 Å². The molecule has 0 unspecified atom stereocenters. The molecule has 0 bridgehead atoms. The second-order valence-corrected chi connectivity index (χ2v) is 6.64. The van der Waals surface area contributed by atoms with Crippen LogP contribution in [0.15, 0.2) is 67.1 Å². The lowest BCUT2D eigenvalue weighted by molar-refractivity contribution is 0.262. The first-order valence-electron chi connectivity index (χ1n) is 9.42. The van der Waals surface area contributed by atoms with E-state index < -0.39 is 29.2 Å². The van der Waals surface area contributed by atoms with Crippen molar-refractivity contribution in [2.45, 2.75) is 0 Å². The number of hydrogen-bond acceptors (Lipinski definition) is 6. The van der Waals surface area contributed by atoms with Crippen LogP contribution in [0.4, 0.5) is 35.2 Å². The van der Waals surface area contributed by atoms with E-state index in [2.05, 4.69) is 25.6 Å². The van der Waals surface area contributed by atoms with Gasteiger partial charge in [-0.2, -0.15) is 0 Å². The summed E-state index contributed by atoms with van der Waals surface area (Å²) in [5, 5.41) is 4.44. The first-order valence-corrected chi connectivity index (χ1v) is 9.42. The van der Waals surface area contributed by atoms with Crippen molar-refractivity contribution >= 4 is 23.2 Å². The zero-order valence-electron chi connectivity index (χ0n) is 16.7. The monoisotopic (exact) mass is 452 g/mol. The molecule has 0 fully saturated rings. The van der Waals surface area contributed by atoms with Gasteiger partial charge in [-0.05, 0) is 35.9 Å². The van der Waals surface area contributed by atoms with E-state index in [4.69, 9.17) is 10.5 Å². The molecule has 4 N–H and O–H groups in total. The molecule has 0 saturated carbocycles. The van der Waals surface area contributed by atoms with Gasteiger partial charge in [0.1, 0.15) is 34.7 Å². The third kappa shape index (κ3) is 5.15. The molecule has 0 aliphatic heterocycles. The van der Waals surface area contributed by atoms with Gasteiger partial charge in [0.15, 0.2) is 0 Å². The van der Waals surface area contributed by atoms with Gasteiger partial charge in [0.25, 0.3) is 0 Å². The van der Waals surface area contributed by atoms with Gasteiger partial charge in [-0.25, -0.2) is 32.9 Å². The molecule has 2 amide bonds. The molecule has 2 aromatic heterocycles. The highest BCUT2D eigenvalue weighted by molar-refractivity contribution is 5.99. The number of urea groups is 1. The summed E-state index contributed by atoms with van der Waals surface area (Å²) < 4.78 is 46.2. The third-order valence-electron chi connectivity index (χ3n) is 4.35. The molecule has 0 aliphatic rings. The minimum absolute atomic E-state index is 0.0132. The smallest absolute Gasteiger partial charge is 0.323 e. The number of benzene rings is 2. The SMILES string of the molecule is Nc1ncc(F)cc1-c1ccc(Oc2ncc(NC(=O)Nc3c(F)cccc3F)cn2)cc1. The van der Waals surface area contributed by atoms with Gasteiger partial charge in [0.05, 0.1) is 24.3 Å². The molecular formula is C22H15F3N6O2. The molecule has 2 heterocycles. The highest BCUT2D eigenvalue weighted by Gasteiger charge is 2.12. The number of rotatable bonds is 5. The second-order valence-electron chi connectivity index (χ2n) is 6.64. The normalized spacial score (nSPS) is 10.5. The lowest BCUT2D eigenvalue weighted by Gasteiger charge is -2.09. The molecule has 2 aromatic carbocycles. The molecule has 0 spiro atoms. The van der Waals surface area contributed by atoms with Crippen molar-refractivity contribution in [3.63, 3.8) is 0 Å². The molecule has 8 nitrogen and oxygen atoms in total. The Kier molecular flexibility index (Phi) is 6.02. The molecule has 0 radical (unpaired) electrons. The fourth-order valence-electron chi connectivity index (χ4n) is 2.82. The summed E-state index contributed by atoms with van der Waals surface area (Å²) in [7, 11) is 0. The number of pyridine rings is 1. The highest BCUT2D eigenvalue weighted by atomic mass is 19.1. The Hall–Kier alpha value is -4.67. The molecule has 0 atom stereocenters. The molecular weight excluding hydrogens is 437 g/mol. The van der Waals surface area contributed by atoms with Crippen LogP contribution in [0, 0.1) is 17.5 Å². The number of halogens is 3. The van der Waals surface area contributed by atoms with Crippen LogP contribution >= 0.6 is 0 Å². The number of ether oxygens (including phenoxy) is 1. The number of carbonyl (C=O) groups excluding carboxylic acids is 1. The number of nitrogens with two attached hydrogens (primary N) is 1. The van der Waals surface area contributed by atoms with Gasteiger partial charge in [-0.15, -0.1) is 0 Å². The van der Waals surface area contributed by atoms with E-state index in [1.165, 1.54) is 24.5 Å². The van der Waals surface area contributed by atoms with Crippen LogP contribution in [0.5, 0.6) is 11.8 Å². The van der Waals surface area contributed by atoms with Gasteiger partial charge in [-0.1, -0.05) is 18.2 Å². The molecule has 4 aromatic rings. The Bertz CT molecular complexity index is 1280. The maximum Gasteiger partial charge on any atom is 0.323 e. The Balaban J connectivity index is 1.38. The first-order chi connectivity index (χ1) is 15.9. The van der Waals surface area contributed by atoms with E-state index in [0.29, 0.717) is 16.9 Å². The predicted molar refractivity (Wildman–Crippen MR) is 115 cm³/mol. The molecule has 0 saturated heterocycles. The summed E-state index contributed by atoms with van der Waals surface area (Å²) in [6, 6.07) is 10.2. The summed E-state index contributed by atoms with van der Waals surface area (Å²) >= 11 is 0. The maximum atomic E-state index is 13.6. The number of nitrogens with zero attached hydrogens (tertiary/aromatic N) is 3. The van der Waals surface area contributed by atoms with Crippen molar-refractivity contribution in [1.29, 1.82) is 0 Å². The highest BCUT2D eigenvalue weighted by Crippen LogP contribution is 2.28. The quantitative estimate of drug-likeness (QED) is 0.394. The molecule has 11 heteroatoms. The summed E-state index contributed by atoms with van der Waals surface area (Å²) in [5.74, 6) is -1.73. The maximum absolute atomic E-state index is 13.6. The van der Waals surface area contributed by atoms with E-state index in [1.807, 2.05) is 0 Å². The number of nitrogens with one attached hydrogen (secondary N) is 2. The summed E-state index contributed by atoms with van der Waals surface area (Å²) in [4.78, 5) is 23.7. The van der Waals surface area contributed by atoms with Crippen LogP contribution in [0.2, 0.25) is 0 Å². The third-order valence-corrected chi connectivity index (χ3v) is 4.35. The Morgan fingerprint density at radius 3 is 2.21 bits per heavy atom. The van der Waals surface area contributed by atoms with Crippen molar-refractivity contribution in [2.75, 3.05) is 16.4 Å². The lowest BCUT2D eigenvalue weighted by Crippen LogP contribution is -2.21. The van der Waals surface area contributed by atoms with Crippen LogP contribution in [-0.2, 0) is 0 Å². The van der Waals surface area contributed by atoms with Gasteiger partial charge in [-0.3, -0.25) is 0 Å². The molecule has 0 aliphatic carbocycles. The Morgan fingerprint density at radius 2 is 1.55 bits per heavy atom. The lowest BCUT2D eigenvalue weighted by atomic mass is 10.1. The number of nitrogen functional groups attached to an aromatic ring is 1. The Labute approximate surface area is 185 Å². The van der Waals surface area contributed by atoms with Crippen molar-refractivity contribution < 1.29 is 22.7 Å². The number of aromatic nitrogens is 3. The summed E-state index contributed by atoms with van der Waals surface area (Å²) in [5.41, 5.74) is 6.47. The fraction of sp³-hybridized carbons (Fsp3) is 0. The zero-order valence-corrected chi connectivity index (χ0v) is 16.7. The standard InChI is InChI=1S/C22H15F3N6O2/c23-13-8-16(20(26)27-9-13)12-4-6-15(7-5-12)33-22-28-10-14(11-29-22)30-21(32)31-19-17(24)2-1-3-18(19)25/h1-11H,(H2,26,27)(H2,30,31,32). The van der Waals surface area contributed by atoms with Gasteiger partial charge < -0.3 is 21.1 Å². The number of carbonyl (C=O) groups is 1.